The van der Waals surface area contributed by atoms with Crippen LogP contribution in [0.1, 0.15) is 20.7 Å². The molecule has 0 saturated heterocycles. The number of nitrogens with one attached hydrogen (secondary N) is 1. The van der Waals surface area contributed by atoms with Crippen LogP contribution in [0, 0.1) is 0 Å². The van der Waals surface area contributed by atoms with Crippen LogP contribution in [0.25, 0.3) is 0 Å². The van der Waals surface area contributed by atoms with Gasteiger partial charge < -0.3 is 14.8 Å². The van der Waals surface area contributed by atoms with Crippen molar-refractivity contribution in [3.05, 3.63) is 35.4 Å². The molecule has 0 heterocycles. The molecule has 0 saturated carbocycles. The highest BCUT2D eigenvalue weighted by Crippen LogP contribution is 2.07. The van der Waals surface area contributed by atoms with Crippen molar-refractivity contribution in [3.8, 4) is 0 Å². The lowest BCUT2D eigenvalue weighted by molar-refractivity contribution is 0.0261. The first-order valence-electron chi connectivity index (χ1n) is 5.15. The number of carbonyl (C=O) groups is 2. The molecule has 0 atom stereocenters. The highest BCUT2D eigenvalue weighted by atomic mass is 32.2. The van der Waals surface area contributed by atoms with E-state index in [4.69, 9.17) is 5.73 Å². The van der Waals surface area contributed by atoms with Crippen LogP contribution in [0.2, 0.25) is 0 Å². The largest absolute Gasteiger partial charge is 0.367 e. The molecule has 0 spiro atoms. The summed E-state index contributed by atoms with van der Waals surface area (Å²) in [6.07, 6.45) is 0. The summed E-state index contributed by atoms with van der Waals surface area (Å²) in [5.41, 5.74) is 7.73. The van der Waals surface area contributed by atoms with Crippen LogP contribution in [0.5, 0.6) is 0 Å². The van der Waals surface area contributed by atoms with Crippen molar-refractivity contribution in [1.82, 2.24) is 5.48 Å². The molecule has 0 radical (unpaired) electrons. The Balaban J connectivity index is 2.65. The topological polar surface area (TPSA) is 125 Å². The second-order valence-corrected chi connectivity index (χ2v) is 3.88. The maximum absolute atomic E-state index is 11.4. The van der Waals surface area contributed by atoms with E-state index >= 15 is 0 Å². The molecule has 0 aromatic heterocycles. The first-order chi connectivity index (χ1) is 9.04. The Hall–Kier alpha value is -1.97. The lowest BCUT2D eigenvalue weighted by Gasteiger charge is -2.04. The van der Waals surface area contributed by atoms with Crippen LogP contribution in [0.3, 0.4) is 0 Å². The molecule has 0 bridgehead atoms. The number of benzene rings is 1. The normalized spacial score (nSPS) is 10.2. The zero-order valence-corrected chi connectivity index (χ0v) is 10.6. The van der Waals surface area contributed by atoms with Gasteiger partial charge in [0.2, 0.25) is 0 Å². The molecule has 104 valence electrons. The Morgan fingerprint density at radius 3 is 2.11 bits per heavy atom. The first-order valence-corrected chi connectivity index (χ1v) is 6.25. The molecule has 0 aliphatic rings. The Morgan fingerprint density at radius 2 is 1.63 bits per heavy atom. The van der Waals surface area contributed by atoms with Gasteiger partial charge in [0.25, 0.3) is 0 Å². The fraction of sp³-hybridized carbons (Fsp3) is 0.200. The van der Waals surface area contributed by atoms with Gasteiger partial charge in [-0.05, 0) is 24.3 Å². The van der Waals surface area contributed by atoms with Crippen LogP contribution in [-0.2, 0) is 20.0 Å². The third kappa shape index (κ3) is 5.04. The van der Waals surface area contributed by atoms with Gasteiger partial charge in [-0.1, -0.05) is 0 Å². The zero-order valence-electron chi connectivity index (χ0n) is 9.70. The summed E-state index contributed by atoms with van der Waals surface area (Å²) in [5, 5.41) is 0. The zero-order chi connectivity index (χ0) is 14.3. The minimum atomic E-state index is -3.26. The summed E-state index contributed by atoms with van der Waals surface area (Å²) >= 11 is 0. The molecular weight excluding hydrogens is 276 g/mol. The molecule has 0 aliphatic heterocycles. The third-order valence-electron chi connectivity index (χ3n) is 1.93. The summed E-state index contributed by atoms with van der Waals surface area (Å²) in [6.45, 7) is 0.623. The highest BCUT2D eigenvalue weighted by molar-refractivity contribution is 7.67. The molecule has 8 nitrogen and oxygen atoms in total. The van der Waals surface area contributed by atoms with Crippen LogP contribution in [0.4, 0.5) is 0 Å². The Bertz CT molecular complexity index is 517. The van der Waals surface area contributed by atoms with Gasteiger partial charge in [0.1, 0.15) is 0 Å². The van der Waals surface area contributed by atoms with Crippen LogP contribution >= 0.6 is 0 Å². The monoisotopic (exact) mass is 288 g/mol. The fourth-order valence-corrected chi connectivity index (χ4v) is 1.34. The molecule has 3 N–H and O–H groups in total. The fourth-order valence-electron chi connectivity index (χ4n) is 1.10. The average Bonchev–Trinajstić information content (AvgIpc) is 2.38. The first kappa shape index (κ1) is 15.1. The van der Waals surface area contributed by atoms with E-state index in [1.807, 2.05) is 0 Å². The molecule has 1 aromatic carbocycles. The molecule has 0 amide bonds. The van der Waals surface area contributed by atoms with E-state index in [9.17, 15) is 18.0 Å². The molecule has 0 aliphatic carbocycles. The highest BCUT2D eigenvalue weighted by Gasteiger charge is 2.11. The summed E-state index contributed by atoms with van der Waals surface area (Å²) in [4.78, 5) is 27.3. The van der Waals surface area contributed by atoms with E-state index in [0.717, 1.165) is 0 Å². The second-order valence-electron chi connectivity index (χ2n) is 3.25. The molecule has 1 rings (SSSR count). The molecular formula is C10H12N2O6S. The standard InChI is InChI=1S/C10H12N2O6S/c11-5-6-12-17-9(13)7-1-3-8(4-2-7)10(14)18-19(15)16/h1-4,12,19H,5-6,11H2. The Morgan fingerprint density at radius 1 is 1.11 bits per heavy atom. The Kier molecular flexibility index (Phi) is 5.93. The summed E-state index contributed by atoms with van der Waals surface area (Å²) in [6, 6.07) is 5.11. The molecule has 0 fully saturated rings. The summed E-state index contributed by atoms with van der Waals surface area (Å²) in [5.74, 6) is -1.67. The van der Waals surface area contributed by atoms with Gasteiger partial charge in [-0.15, -0.1) is 0 Å². The Labute approximate surface area is 110 Å². The van der Waals surface area contributed by atoms with Gasteiger partial charge in [-0.25, -0.2) is 9.59 Å². The van der Waals surface area contributed by atoms with E-state index in [0.29, 0.717) is 13.1 Å². The van der Waals surface area contributed by atoms with E-state index in [1.165, 1.54) is 24.3 Å². The lowest BCUT2D eigenvalue weighted by atomic mass is 10.1. The molecule has 9 heteroatoms. The summed E-state index contributed by atoms with van der Waals surface area (Å²) < 4.78 is 24.4. The second kappa shape index (κ2) is 7.46. The van der Waals surface area contributed by atoms with Crippen molar-refractivity contribution in [1.29, 1.82) is 0 Å². The summed E-state index contributed by atoms with van der Waals surface area (Å²) in [7, 11) is -3.26. The SMILES string of the molecule is NCCNOC(=O)c1ccc(C(=O)O[SH](=O)=O)cc1. The maximum atomic E-state index is 11.4. The predicted octanol–water partition coefficient (Wildman–Crippen LogP) is -1.01. The molecule has 0 unspecified atom stereocenters. The van der Waals surface area contributed by atoms with Gasteiger partial charge in [0, 0.05) is 13.1 Å². The van der Waals surface area contributed by atoms with Crippen LogP contribution in [-0.4, -0.2) is 33.4 Å². The quantitative estimate of drug-likeness (QED) is 0.345. The van der Waals surface area contributed by atoms with Crippen molar-refractivity contribution in [3.63, 3.8) is 0 Å². The predicted molar refractivity (Wildman–Crippen MR) is 64.6 cm³/mol. The number of hydroxylamine groups is 1. The van der Waals surface area contributed by atoms with E-state index in [-0.39, 0.29) is 11.1 Å². The average molecular weight is 288 g/mol. The minimum Gasteiger partial charge on any atom is -0.367 e. The van der Waals surface area contributed by atoms with Gasteiger partial charge in [0.05, 0.1) is 11.1 Å². The van der Waals surface area contributed by atoms with Gasteiger partial charge in [0.15, 0.2) is 0 Å². The number of hydrogen-bond donors (Lipinski definition) is 3. The van der Waals surface area contributed by atoms with E-state index in [2.05, 4.69) is 14.5 Å². The third-order valence-corrected chi connectivity index (χ3v) is 2.24. The smallest absolute Gasteiger partial charge is 0.356 e. The van der Waals surface area contributed by atoms with Crippen molar-refractivity contribution in [2.24, 2.45) is 5.73 Å². The number of carbonyl (C=O) groups excluding carboxylic acids is 2. The molecule has 1 aromatic rings. The van der Waals surface area contributed by atoms with Crippen molar-refractivity contribution >= 4 is 22.9 Å². The van der Waals surface area contributed by atoms with Gasteiger partial charge in [-0.3, -0.25) is 0 Å². The molecule has 19 heavy (non-hydrogen) atoms. The van der Waals surface area contributed by atoms with Crippen LogP contribution < -0.4 is 11.2 Å². The number of hydrogen-bond acceptors (Lipinski definition) is 8. The van der Waals surface area contributed by atoms with Crippen molar-refractivity contribution < 1.29 is 27.0 Å². The lowest BCUT2D eigenvalue weighted by Crippen LogP contribution is -2.25. The van der Waals surface area contributed by atoms with Crippen molar-refractivity contribution in [2.45, 2.75) is 0 Å². The number of nitrogens with two attached hydrogens (primary N) is 1. The van der Waals surface area contributed by atoms with E-state index < -0.39 is 22.9 Å². The van der Waals surface area contributed by atoms with Crippen LogP contribution in [0.15, 0.2) is 24.3 Å². The van der Waals surface area contributed by atoms with Gasteiger partial charge in [-0.2, -0.15) is 13.9 Å². The number of rotatable bonds is 6. The number of thiol groups is 1. The van der Waals surface area contributed by atoms with Crippen molar-refractivity contribution in [2.75, 3.05) is 13.1 Å². The van der Waals surface area contributed by atoms with Gasteiger partial charge >= 0.3 is 22.9 Å². The maximum Gasteiger partial charge on any atom is 0.356 e. The minimum absolute atomic E-state index is 0.00525. The van der Waals surface area contributed by atoms with E-state index in [1.54, 1.807) is 0 Å².